The van der Waals surface area contributed by atoms with Gasteiger partial charge in [-0.3, -0.25) is 9.59 Å². The van der Waals surface area contributed by atoms with E-state index in [4.69, 9.17) is 4.98 Å². The van der Waals surface area contributed by atoms with E-state index in [9.17, 15) is 9.59 Å². The van der Waals surface area contributed by atoms with E-state index in [0.717, 1.165) is 34.6 Å². The first-order valence-corrected chi connectivity index (χ1v) is 12.4. The average Bonchev–Trinajstić information content (AvgIpc) is 3.29. The van der Waals surface area contributed by atoms with E-state index in [2.05, 4.69) is 16.1 Å². The summed E-state index contributed by atoms with van der Waals surface area (Å²) in [6.07, 6.45) is 2.83. The number of nitrogens with zero attached hydrogens (tertiary/aromatic N) is 3. The number of imidazole rings is 1. The van der Waals surface area contributed by atoms with Gasteiger partial charge in [0.2, 0.25) is 5.91 Å². The van der Waals surface area contributed by atoms with E-state index in [0.29, 0.717) is 12.1 Å². The highest BCUT2D eigenvalue weighted by molar-refractivity contribution is 7.98. The van der Waals surface area contributed by atoms with Gasteiger partial charge in [0.05, 0.1) is 17.1 Å². The number of fused-ring (bicyclic) bond motifs is 2. The van der Waals surface area contributed by atoms with Gasteiger partial charge in [-0.05, 0) is 48.1 Å². The van der Waals surface area contributed by atoms with E-state index < -0.39 is 6.04 Å². The molecule has 2 unspecified atom stereocenters. The number of hydrogen-bond donors (Lipinski definition) is 1. The molecule has 0 bridgehead atoms. The molecule has 168 valence electrons. The van der Waals surface area contributed by atoms with Crippen LogP contribution in [0.2, 0.25) is 0 Å². The summed E-state index contributed by atoms with van der Waals surface area (Å²) in [6.45, 7) is 4.45. The molecule has 0 fully saturated rings. The van der Waals surface area contributed by atoms with Crippen molar-refractivity contribution in [2.24, 2.45) is 13.0 Å². The predicted octanol–water partition coefficient (Wildman–Crippen LogP) is 4.16. The Bertz CT molecular complexity index is 1140. The molecule has 0 radical (unpaired) electrons. The van der Waals surface area contributed by atoms with Crippen molar-refractivity contribution in [1.82, 2.24) is 19.8 Å². The Balaban J connectivity index is 1.61. The van der Waals surface area contributed by atoms with Crippen molar-refractivity contribution < 1.29 is 9.59 Å². The third kappa shape index (κ3) is 4.13. The fraction of sp³-hybridized carbons (Fsp3) is 0.400. The summed E-state index contributed by atoms with van der Waals surface area (Å²) in [6, 6.07) is 14.8. The van der Waals surface area contributed by atoms with E-state index >= 15 is 0 Å². The topological polar surface area (TPSA) is 67.2 Å². The normalized spacial score (nSPS) is 15.3. The SMILES string of the molecule is CSCCC(NC(=O)C(C(C)C)N1Cc2ccccc2C1=O)c1nc2ccccc2n1C. The van der Waals surface area contributed by atoms with Crippen molar-refractivity contribution in [3.05, 3.63) is 65.5 Å². The maximum Gasteiger partial charge on any atom is 0.255 e. The Morgan fingerprint density at radius 3 is 2.56 bits per heavy atom. The predicted molar refractivity (Wildman–Crippen MR) is 130 cm³/mol. The lowest BCUT2D eigenvalue weighted by molar-refractivity contribution is -0.128. The van der Waals surface area contributed by atoms with Crippen molar-refractivity contribution in [1.29, 1.82) is 0 Å². The summed E-state index contributed by atoms with van der Waals surface area (Å²) < 4.78 is 2.06. The Kier molecular flexibility index (Phi) is 6.55. The molecule has 3 aromatic rings. The number of aryl methyl sites for hydroxylation is 1. The van der Waals surface area contributed by atoms with E-state index in [-0.39, 0.29) is 23.8 Å². The van der Waals surface area contributed by atoms with Crippen LogP contribution in [0, 0.1) is 5.92 Å². The molecule has 7 heteroatoms. The lowest BCUT2D eigenvalue weighted by atomic mass is 10.0. The lowest BCUT2D eigenvalue weighted by Crippen LogP contribution is -2.51. The van der Waals surface area contributed by atoms with Crippen LogP contribution in [0.4, 0.5) is 0 Å². The fourth-order valence-corrected chi connectivity index (χ4v) is 5.01. The molecule has 2 atom stereocenters. The highest BCUT2D eigenvalue weighted by Gasteiger charge is 2.38. The van der Waals surface area contributed by atoms with Gasteiger partial charge in [-0.2, -0.15) is 11.8 Å². The molecule has 32 heavy (non-hydrogen) atoms. The van der Waals surface area contributed by atoms with Crippen molar-refractivity contribution in [2.45, 2.75) is 38.9 Å². The molecular formula is C25H30N4O2S. The Morgan fingerprint density at radius 1 is 1.16 bits per heavy atom. The molecule has 0 aliphatic carbocycles. The van der Waals surface area contributed by atoms with Crippen LogP contribution in [0.15, 0.2) is 48.5 Å². The van der Waals surface area contributed by atoms with Crippen LogP contribution in [0.25, 0.3) is 11.0 Å². The zero-order valence-corrected chi connectivity index (χ0v) is 19.9. The minimum absolute atomic E-state index is 0.0186. The Morgan fingerprint density at radius 2 is 1.88 bits per heavy atom. The van der Waals surface area contributed by atoms with Crippen LogP contribution >= 0.6 is 11.8 Å². The van der Waals surface area contributed by atoms with E-state index in [1.54, 1.807) is 16.7 Å². The quantitative estimate of drug-likeness (QED) is 0.560. The number of hydrogen-bond acceptors (Lipinski definition) is 4. The number of nitrogens with one attached hydrogen (secondary N) is 1. The summed E-state index contributed by atoms with van der Waals surface area (Å²) in [5, 5.41) is 3.25. The molecule has 0 saturated carbocycles. The molecular weight excluding hydrogens is 420 g/mol. The Hall–Kier alpha value is -2.80. The van der Waals surface area contributed by atoms with Gasteiger partial charge >= 0.3 is 0 Å². The third-order valence-electron chi connectivity index (χ3n) is 6.15. The molecule has 4 rings (SSSR count). The first-order valence-electron chi connectivity index (χ1n) is 11.0. The summed E-state index contributed by atoms with van der Waals surface area (Å²) in [7, 11) is 1.99. The molecule has 1 N–H and O–H groups in total. The van der Waals surface area contributed by atoms with Crippen LogP contribution in [0.3, 0.4) is 0 Å². The van der Waals surface area contributed by atoms with Gasteiger partial charge in [-0.1, -0.05) is 44.2 Å². The first kappa shape index (κ1) is 22.4. The summed E-state index contributed by atoms with van der Waals surface area (Å²) >= 11 is 1.74. The number of benzene rings is 2. The minimum Gasteiger partial charge on any atom is -0.344 e. The number of para-hydroxylation sites is 2. The molecule has 0 spiro atoms. The maximum absolute atomic E-state index is 13.6. The molecule has 6 nitrogen and oxygen atoms in total. The molecule has 1 aromatic heterocycles. The summed E-state index contributed by atoms with van der Waals surface area (Å²) in [5.74, 6) is 1.52. The largest absolute Gasteiger partial charge is 0.344 e. The first-order chi connectivity index (χ1) is 15.4. The van der Waals surface area contributed by atoms with Crippen LogP contribution in [-0.2, 0) is 18.4 Å². The monoisotopic (exact) mass is 450 g/mol. The molecule has 0 saturated heterocycles. The van der Waals surface area contributed by atoms with Gasteiger partial charge in [0.1, 0.15) is 11.9 Å². The van der Waals surface area contributed by atoms with Crippen LogP contribution in [0.1, 0.15) is 48.1 Å². The highest BCUT2D eigenvalue weighted by atomic mass is 32.2. The summed E-state index contributed by atoms with van der Waals surface area (Å²) in [4.78, 5) is 33.2. The summed E-state index contributed by atoms with van der Waals surface area (Å²) in [5.41, 5.74) is 3.63. The Labute approximate surface area is 193 Å². The van der Waals surface area contributed by atoms with Crippen molar-refractivity contribution in [2.75, 3.05) is 12.0 Å². The molecule has 2 aromatic carbocycles. The standard InChI is InChI=1S/C25H30N4O2S/c1-16(2)22(29-15-17-9-5-6-10-18(17)25(29)31)24(30)27-20(13-14-32-4)23-26-19-11-7-8-12-21(19)28(23)3/h5-12,16,20,22H,13-15H2,1-4H3,(H,27,30). The van der Waals surface area contributed by atoms with Crippen molar-refractivity contribution >= 4 is 34.6 Å². The highest BCUT2D eigenvalue weighted by Crippen LogP contribution is 2.28. The van der Waals surface area contributed by atoms with Crippen LogP contribution in [-0.4, -0.2) is 44.3 Å². The number of thioether (sulfide) groups is 1. The van der Waals surface area contributed by atoms with E-state index in [1.165, 1.54) is 0 Å². The fourth-order valence-electron chi connectivity index (χ4n) is 4.54. The van der Waals surface area contributed by atoms with E-state index in [1.807, 2.05) is 69.4 Å². The zero-order valence-electron chi connectivity index (χ0n) is 19.0. The van der Waals surface area contributed by atoms with Crippen molar-refractivity contribution in [3.8, 4) is 0 Å². The molecule has 2 heterocycles. The maximum atomic E-state index is 13.6. The van der Waals surface area contributed by atoms with Gasteiger partial charge in [0, 0.05) is 19.2 Å². The lowest BCUT2D eigenvalue weighted by Gasteiger charge is -2.31. The van der Waals surface area contributed by atoms with Gasteiger partial charge in [0.15, 0.2) is 0 Å². The van der Waals surface area contributed by atoms with Gasteiger partial charge < -0.3 is 14.8 Å². The second-order valence-electron chi connectivity index (χ2n) is 8.64. The number of rotatable bonds is 8. The molecule has 2 amide bonds. The molecule has 1 aliphatic heterocycles. The van der Waals surface area contributed by atoms with Gasteiger partial charge in [0.25, 0.3) is 5.91 Å². The number of amides is 2. The van der Waals surface area contributed by atoms with Crippen LogP contribution < -0.4 is 5.32 Å². The zero-order chi connectivity index (χ0) is 22.8. The van der Waals surface area contributed by atoms with Gasteiger partial charge in [-0.15, -0.1) is 0 Å². The smallest absolute Gasteiger partial charge is 0.255 e. The third-order valence-corrected chi connectivity index (χ3v) is 6.79. The van der Waals surface area contributed by atoms with Crippen LogP contribution in [0.5, 0.6) is 0 Å². The number of aromatic nitrogens is 2. The average molecular weight is 451 g/mol. The molecule has 1 aliphatic rings. The second-order valence-corrected chi connectivity index (χ2v) is 9.63. The number of carbonyl (C=O) groups is 2. The second kappa shape index (κ2) is 9.36. The minimum atomic E-state index is -0.540. The van der Waals surface area contributed by atoms with Gasteiger partial charge in [-0.25, -0.2) is 4.98 Å². The number of carbonyl (C=O) groups excluding carboxylic acids is 2. The van der Waals surface area contributed by atoms with Crippen molar-refractivity contribution in [3.63, 3.8) is 0 Å².